The number of nitrogens with zero attached hydrogens (tertiary/aromatic N) is 5. The molecule has 0 unspecified atom stereocenters. The lowest BCUT2D eigenvalue weighted by molar-refractivity contribution is 0.340. The van der Waals surface area contributed by atoms with Gasteiger partial charge < -0.3 is 14.2 Å². The second kappa shape index (κ2) is 10.2. The van der Waals surface area contributed by atoms with E-state index in [0.717, 1.165) is 60.2 Å². The number of hydrogen-bond donors (Lipinski definition) is 0. The number of hydrogen-bond acceptors (Lipinski definition) is 6. The van der Waals surface area contributed by atoms with Crippen LogP contribution in [-0.4, -0.2) is 32.8 Å². The molecule has 30 heavy (non-hydrogen) atoms. The summed E-state index contributed by atoms with van der Waals surface area (Å²) in [7, 11) is 0. The smallest absolute Gasteiger partial charge is 0.177 e. The standard InChI is InChI=1S/C22H25N5OS.BrH/c1-3-26-19(16-9-11-17(12-10-16)28-4-2)15-29-22(26)18(14-23)21-25-24-20-8-6-5-7-13-27(20)21;/h9-12,15H,3-8,13H2,1-2H3;1H. The summed E-state index contributed by atoms with van der Waals surface area (Å²) in [5.74, 6) is 2.56. The summed E-state index contributed by atoms with van der Waals surface area (Å²) in [6.07, 6.45) is 4.37. The van der Waals surface area contributed by atoms with E-state index < -0.39 is 0 Å². The molecule has 0 bridgehead atoms. The normalized spacial score (nSPS) is 17.4. The molecule has 0 N–H and O–H groups in total. The van der Waals surface area contributed by atoms with E-state index in [0.29, 0.717) is 18.0 Å². The Morgan fingerprint density at radius 3 is 2.67 bits per heavy atom. The van der Waals surface area contributed by atoms with Gasteiger partial charge in [0.2, 0.25) is 0 Å². The molecular formula is C22H26BrN5OS. The number of rotatable bonds is 5. The average Bonchev–Trinajstić information content (AvgIpc) is 3.27. The zero-order valence-electron chi connectivity index (χ0n) is 17.3. The van der Waals surface area contributed by atoms with Crippen molar-refractivity contribution in [3.8, 4) is 11.8 Å². The van der Waals surface area contributed by atoms with Gasteiger partial charge in [0.15, 0.2) is 5.82 Å². The molecule has 0 saturated carbocycles. The largest absolute Gasteiger partial charge is 0.494 e. The van der Waals surface area contributed by atoms with Crippen molar-refractivity contribution in [2.45, 2.75) is 46.1 Å². The van der Waals surface area contributed by atoms with Gasteiger partial charge in [-0.2, -0.15) is 5.26 Å². The van der Waals surface area contributed by atoms with E-state index in [1.54, 1.807) is 11.8 Å². The minimum Gasteiger partial charge on any atom is -0.494 e. The SMILES string of the molecule is Br.CCOc1ccc(C2=CSC(=C(C#N)c3nnc4n3CCCCC4)N2CC)cc1. The summed E-state index contributed by atoms with van der Waals surface area (Å²) in [4.78, 5) is 2.19. The van der Waals surface area contributed by atoms with Gasteiger partial charge in [0.25, 0.3) is 0 Å². The van der Waals surface area contributed by atoms with Crippen molar-refractivity contribution in [2.24, 2.45) is 0 Å². The summed E-state index contributed by atoms with van der Waals surface area (Å²) >= 11 is 1.59. The maximum atomic E-state index is 10.0. The lowest BCUT2D eigenvalue weighted by atomic mass is 10.1. The quantitative estimate of drug-likeness (QED) is 0.537. The van der Waals surface area contributed by atoms with Crippen molar-refractivity contribution in [3.63, 3.8) is 0 Å². The molecule has 0 aliphatic carbocycles. The highest BCUT2D eigenvalue weighted by Gasteiger charge is 2.28. The Balaban J connectivity index is 0.00000256. The van der Waals surface area contributed by atoms with Crippen LogP contribution in [-0.2, 0) is 13.0 Å². The molecule has 2 aliphatic rings. The summed E-state index contributed by atoms with van der Waals surface area (Å²) in [5.41, 5.74) is 2.81. The number of fused-ring (bicyclic) bond motifs is 1. The van der Waals surface area contributed by atoms with E-state index in [4.69, 9.17) is 4.74 Å². The van der Waals surface area contributed by atoms with Crippen LogP contribution in [0.2, 0.25) is 0 Å². The molecule has 6 nitrogen and oxygen atoms in total. The van der Waals surface area contributed by atoms with Gasteiger partial charge in [0.05, 0.1) is 12.3 Å². The molecule has 4 rings (SSSR count). The molecule has 158 valence electrons. The van der Waals surface area contributed by atoms with Gasteiger partial charge in [-0.15, -0.1) is 27.2 Å². The Labute approximate surface area is 192 Å². The Morgan fingerprint density at radius 2 is 1.97 bits per heavy atom. The third-order valence-electron chi connectivity index (χ3n) is 5.25. The van der Waals surface area contributed by atoms with Crippen LogP contribution in [0, 0.1) is 11.3 Å². The van der Waals surface area contributed by atoms with E-state index >= 15 is 0 Å². The monoisotopic (exact) mass is 487 g/mol. The zero-order valence-corrected chi connectivity index (χ0v) is 19.8. The van der Waals surface area contributed by atoms with E-state index in [2.05, 4.69) is 50.2 Å². The number of ether oxygens (including phenoxy) is 1. The number of thioether (sulfide) groups is 1. The van der Waals surface area contributed by atoms with Crippen LogP contribution in [0.15, 0.2) is 34.7 Å². The molecule has 2 aliphatic heterocycles. The minimum absolute atomic E-state index is 0. The van der Waals surface area contributed by atoms with Gasteiger partial charge in [0.1, 0.15) is 28.2 Å². The summed E-state index contributed by atoms with van der Waals surface area (Å²) in [5, 5.41) is 21.9. The molecule has 2 aromatic rings. The number of aryl methyl sites for hydroxylation is 1. The first-order valence-electron chi connectivity index (χ1n) is 10.2. The van der Waals surface area contributed by atoms with E-state index in [9.17, 15) is 5.26 Å². The Hall–Kier alpha value is -2.24. The third kappa shape index (κ3) is 4.28. The summed E-state index contributed by atoms with van der Waals surface area (Å²) in [6, 6.07) is 10.5. The lowest BCUT2D eigenvalue weighted by Crippen LogP contribution is -2.18. The maximum Gasteiger partial charge on any atom is 0.177 e. The Morgan fingerprint density at radius 1 is 1.17 bits per heavy atom. The van der Waals surface area contributed by atoms with Crippen LogP contribution in [0.5, 0.6) is 5.75 Å². The number of benzene rings is 1. The van der Waals surface area contributed by atoms with Gasteiger partial charge in [0, 0.05) is 24.9 Å². The lowest BCUT2D eigenvalue weighted by Gasteiger charge is -2.23. The molecular weight excluding hydrogens is 462 g/mol. The van der Waals surface area contributed by atoms with Crippen molar-refractivity contribution in [3.05, 3.63) is 51.9 Å². The highest BCUT2D eigenvalue weighted by Crippen LogP contribution is 2.43. The molecule has 0 spiro atoms. The van der Waals surface area contributed by atoms with Crippen molar-refractivity contribution < 1.29 is 4.74 Å². The van der Waals surface area contributed by atoms with Crippen LogP contribution in [0.1, 0.15) is 50.3 Å². The fourth-order valence-electron chi connectivity index (χ4n) is 3.83. The first kappa shape index (κ1) is 22.4. The Bertz CT molecular complexity index is 990. The topological polar surface area (TPSA) is 67.0 Å². The van der Waals surface area contributed by atoms with Crippen molar-refractivity contribution in [1.29, 1.82) is 5.26 Å². The van der Waals surface area contributed by atoms with E-state index in [-0.39, 0.29) is 17.0 Å². The number of aromatic nitrogens is 3. The van der Waals surface area contributed by atoms with Gasteiger partial charge >= 0.3 is 0 Å². The molecule has 1 aromatic carbocycles. The van der Waals surface area contributed by atoms with Gasteiger partial charge in [-0.25, -0.2) is 0 Å². The van der Waals surface area contributed by atoms with Gasteiger partial charge in [-0.3, -0.25) is 0 Å². The molecule has 3 heterocycles. The van der Waals surface area contributed by atoms with E-state index in [1.165, 1.54) is 6.42 Å². The second-order valence-corrected chi connectivity index (χ2v) is 7.87. The highest BCUT2D eigenvalue weighted by atomic mass is 79.9. The predicted molar refractivity (Wildman–Crippen MR) is 126 cm³/mol. The zero-order chi connectivity index (χ0) is 20.2. The molecule has 8 heteroatoms. The third-order valence-corrected chi connectivity index (χ3v) is 6.24. The van der Waals surface area contributed by atoms with Crippen LogP contribution < -0.4 is 4.74 Å². The molecule has 0 atom stereocenters. The van der Waals surface area contributed by atoms with Crippen molar-refractivity contribution in [1.82, 2.24) is 19.7 Å². The Kier molecular flexibility index (Phi) is 7.62. The minimum atomic E-state index is 0. The predicted octanol–water partition coefficient (Wildman–Crippen LogP) is 5.24. The fourth-order valence-corrected chi connectivity index (χ4v) is 4.93. The van der Waals surface area contributed by atoms with Crippen LogP contribution in [0.3, 0.4) is 0 Å². The number of allylic oxidation sites excluding steroid dienone is 1. The van der Waals surface area contributed by atoms with Gasteiger partial charge in [-0.05, 0) is 56.5 Å². The maximum absolute atomic E-state index is 10.0. The molecule has 0 fully saturated rings. The molecule has 0 radical (unpaired) electrons. The molecule has 0 amide bonds. The van der Waals surface area contributed by atoms with Crippen LogP contribution >= 0.6 is 28.7 Å². The van der Waals surface area contributed by atoms with E-state index in [1.807, 2.05) is 19.1 Å². The van der Waals surface area contributed by atoms with Crippen LogP contribution in [0.4, 0.5) is 0 Å². The van der Waals surface area contributed by atoms with Crippen molar-refractivity contribution in [2.75, 3.05) is 13.2 Å². The number of halogens is 1. The van der Waals surface area contributed by atoms with Crippen LogP contribution in [0.25, 0.3) is 11.3 Å². The summed E-state index contributed by atoms with van der Waals surface area (Å²) in [6.45, 7) is 6.39. The van der Waals surface area contributed by atoms with Gasteiger partial charge in [-0.1, -0.05) is 18.2 Å². The average molecular weight is 488 g/mol. The fraction of sp³-hybridized carbons (Fsp3) is 0.409. The second-order valence-electron chi connectivity index (χ2n) is 7.02. The highest BCUT2D eigenvalue weighted by molar-refractivity contribution is 8.93. The summed E-state index contributed by atoms with van der Waals surface area (Å²) < 4.78 is 7.70. The van der Waals surface area contributed by atoms with Crippen molar-refractivity contribution >= 4 is 40.0 Å². The molecule has 1 aromatic heterocycles. The first-order chi connectivity index (χ1) is 14.3. The number of nitriles is 1. The first-order valence-corrected chi connectivity index (χ1v) is 11.1. The molecule has 0 saturated heterocycles.